The number of hydrogen-bond acceptors (Lipinski definition) is 4. The molecule has 0 aliphatic carbocycles. The van der Waals surface area contributed by atoms with Gasteiger partial charge < -0.3 is 14.8 Å². The van der Waals surface area contributed by atoms with Crippen LogP contribution in [0.2, 0.25) is 0 Å². The predicted octanol–water partition coefficient (Wildman–Crippen LogP) is 4.28. The Kier molecular flexibility index (Phi) is 6.26. The number of halogens is 1. The molecule has 5 nitrogen and oxygen atoms in total. The Morgan fingerprint density at radius 3 is 2.71 bits per heavy atom. The lowest BCUT2D eigenvalue weighted by molar-refractivity contribution is -0.113. The van der Waals surface area contributed by atoms with Crippen LogP contribution in [-0.4, -0.2) is 24.7 Å². The van der Waals surface area contributed by atoms with Crippen molar-refractivity contribution in [3.8, 4) is 11.5 Å². The molecule has 1 aliphatic heterocycles. The molecule has 3 rings (SSSR count). The van der Waals surface area contributed by atoms with Gasteiger partial charge in [0.15, 0.2) is 16.6 Å². The Morgan fingerprint density at radius 2 is 2.00 bits per heavy atom. The molecule has 0 atom stereocenters. The average molecular weight is 400 g/mol. The van der Waals surface area contributed by atoms with Crippen LogP contribution >= 0.6 is 12.2 Å². The van der Waals surface area contributed by atoms with E-state index < -0.39 is 11.7 Å². The molecule has 1 heterocycles. The number of para-hydroxylation sites is 1. The SMILES string of the molecule is CCCCOc1cc(/C=C2\NC(=S)N(c3ccccc3F)C2=O)ccc1OC. The quantitative estimate of drug-likeness (QED) is 0.427. The molecule has 0 aromatic heterocycles. The first-order valence-electron chi connectivity index (χ1n) is 8.97. The summed E-state index contributed by atoms with van der Waals surface area (Å²) < 4.78 is 25.2. The highest BCUT2D eigenvalue weighted by Crippen LogP contribution is 2.30. The molecule has 1 fully saturated rings. The van der Waals surface area contributed by atoms with Gasteiger partial charge in [-0.05, 0) is 54.5 Å². The van der Waals surface area contributed by atoms with Gasteiger partial charge in [0.05, 0.1) is 19.4 Å². The average Bonchev–Trinajstić information content (AvgIpc) is 2.96. The molecule has 7 heteroatoms. The van der Waals surface area contributed by atoms with Crippen LogP contribution in [0.5, 0.6) is 11.5 Å². The normalized spacial score (nSPS) is 15.1. The van der Waals surface area contributed by atoms with E-state index in [1.807, 2.05) is 6.07 Å². The van der Waals surface area contributed by atoms with Crippen molar-refractivity contribution in [3.05, 3.63) is 59.5 Å². The third-order valence-corrected chi connectivity index (χ3v) is 4.51. The first kappa shape index (κ1) is 19.8. The molecule has 2 aromatic rings. The molecule has 146 valence electrons. The van der Waals surface area contributed by atoms with Gasteiger partial charge in [0.1, 0.15) is 11.5 Å². The minimum atomic E-state index is -0.516. The molecule has 1 saturated heterocycles. The number of hydrogen-bond donors (Lipinski definition) is 1. The van der Waals surface area contributed by atoms with Crippen molar-refractivity contribution < 1.29 is 18.7 Å². The zero-order chi connectivity index (χ0) is 20.1. The largest absolute Gasteiger partial charge is 0.493 e. The van der Waals surface area contributed by atoms with Gasteiger partial charge in [0.25, 0.3) is 5.91 Å². The number of amides is 1. The Morgan fingerprint density at radius 1 is 1.21 bits per heavy atom. The van der Waals surface area contributed by atoms with Crippen LogP contribution in [0, 0.1) is 5.82 Å². The summed E-state index contributed by atoms with van der Waals surface area (Å²) in [6.45, 7) is 2.66. The van der Waals surface area contributed by atoms with Crippen LogP contribution in [0.4, 0.5) is 10.1 Å². The van der Waals surface area contributed by atoms with Crippen molar-refractivity contribution in [3.63, 3.8) is 0 Å². The molecule has 0 bridgehead atoms. The van der Waals surface area contributed by atoms with Crippen molar-refractivity contribution in [1.82, 2.24) is 5.32 Å². The number of benzene rings is 2. The van der Waals surface area contributed by atoms with Crippen LogP contribution in [0.1, 0.15) is 25.3 Å². The fourth-order valence-corrected chi connectivity index (χ4v) is 3.07. The van der Waals surface area contributed by atoms with E-state index in [-0.39, 0.29) is 16.5 Å². The molecule has 0 radical (unpaired) electrons. The summed E-state index contributed by atoms with van der Waals surface area (Å²) in [7, 11) is 1.58. The summed E-state index contributed by atoms with van der Waals surface area (Å²) in [6.07, 6.45) is 3.61. The highest BCUT2D eigenvalue weighted by atomic mass is 32.1. The summed E-state index contributed by atoms with van der Waals surface area (Å²) in [4.78, 5) is 13.9. The number of carbonyl (C=O) groups excluding carboxylic acids is 1. The molecule has 0 saturated carbocycles. The fourth-order valence-electron chi connectivity index (χ4n) is 2.78. The van der Waals surface area contributed by atoms with E-state index in [0.29, 0.717) is 18.1 Å². The minimum Gasteiger partial charge on any atom is -0.493 e. The molecule has 0 unspecified atom stereocenters. The number of nitrogens with zero attached hydrogens (tertiary/aromatic N) is 1. The van der Waals surface area contributed by atoms with Crippen LogP contribution in [0.3, 0.4) is 0 Å². The number of carbonyl (C=O) groups is 1. The summed E-state index contributed by atoms with van der Waals surface area (Å²) >= 11 is 5.23. The fraction of sp³-hybridized carbons (Fsp3) is 0.238. The maximum atomic E-state index is 14.1. The standard InChI is InChI=1S/C21H21FN2O3S/c1-3-4-11-27-19-13-14(9-10-18(19)26-2)12-16-20(25)24(21(28)23-16)17-8-6-5-7-15(17)22/h5-10,12-13H,3-4,11H2,1-2H3,(H,23,28)/b16-12-. The number of thiocarbonyl (C=S) groups is 1. The van der Waals surface area contributed by atoms with Gasteiger partial charge in [0, 0.05) is 0 Å². The zero-order valence-electron chi connectivity index (χ0n) is 15.7. The molecule has 1 N–H and O–H groups in total. The van der Waals surface area contributed by atoms with E-state index in [9.17, 15) is 9.18 Å². The second-order valence-electron chi connectivity index (χ2n) is 6.19. The van der Waals surface area contributed by atoms with Crippen LogP contribution in [-0.2, 0) is 4.79 Å². The monoisotopic (exact) mass is 400 g/mol. The van der Waals surface area contributed by atoms with E-state index in [2.05, 4.69) is 12.2 Å². The molecule has 2 aromatic carbocycles. The molecule has 1 amide bonds. The zero-order valence-corrected chi connectivity index (χ0v) is 16.5. The molecular formula is C21H21FN2O3S. The maximum absolute atomic E-state index is 14.1. The van der Waals surface area contributed by atoms with E-state index in [1.165, 1.54) is 12.1 Å². The lowest BCUT2D eigenvalue weighted by Gasteiger charge is -2.14. The van der Waals surface area contributed by atoms with Gasteiger partial charge in [-0.25, -0.2) is 9.29 Å². The number of rotatable bonds is 7. The number of ether oxygens (including phenoxy) is 2. The van der Waals surface area contributed by atoms with Crippen LogP contribution < -0.4 is 19.7 Å². The summed E-state index contributed by atoms with van der Waals surface area (Å²) in [5, 5.41) is 2.99. The Bertz CT molecular complexity index is 930. The van der Waals surface area contributed by atoms with Crippen LogP contribution in [0.15, 0.2) is 48.2 Å². The van der Waals surface area contributed by atoms with Gasteiger partial charge in [0.2, 0.25) is 0 Å². The third-order valence-electron chi connectivity index (χ3n) is 4.23. The smallest absolute Gasteiger partial charge is 0.281 e. The number of methoxy groups -OCH3 is 1. The Labute approximate surface area is 168 Å². The topological polar surface area (TPSA) is 50.8 Å². The van der Waals surface area contributed by atoms with E-state index >= 15 is 0 Å². The van der Waals surface area contributed by atoms with Gasteiger partial charge in [-0.1, -0.05) is 31.5 Å². The predicted molar refractivity (Wildman–Crippen MR) is 111 cm³/mol. The lowest BCUT2D eigenvalue weighted by Crippen LogP contribution is -2.31. The third kappa shape index (κ3) is 4.14. The second kappa shape index (κ2) is 8.84. The first-order valence-corrected chi connectivity index (χ1v) is 9.38. The number of nitrogens with one attached hydrogen (secondary N) is 1. The summed E-state index contributed by atoms with van der Waals surface area (Å²) in [5.74, 6) is 0.286. The number of anilines is 1. The highest BCUT2D eigenvalue weighted by Gasteiger charge is 2.33. The van der Waals surface area contributed by atoms with Crippen molar-refractivity contribution in [1.29, 1.82) is 0 Å². The van der Waals surface area contributed by atoms with Gasteiger partial charge >= 0.3 is 0 Å². The minimum absolute atomic E-state index is 0.117. The second-order valence-corrected chi connectivity index (χ2v) is 6.58. The van der Waals surface area contributed by atoms with Gasteiger partial charge in [-0.3, -0.25) is 4.79 Å². The first-order chi connectivity index (χ1) is 13.5. The van der Waals surface area contributed by atoms with Gasteiger partial charge in [-0.2, -0.15) is 0 Å². The van der Waals surface area contributed by atoms with Gasteiger partial charge in [-0.15, -0.1) is 0 Å². The Balaban J connectivity index is 1.87. The molecule has 1 aliphatic rings. The van der Waals surface area contributed by atoms with E-state index in [0.717, 1.165) is 23.3 Å². The van der Waals surface area contributed by atoms with E-state index in [4.69, 9.17) is 21.7 Å². The summed E-state index contributed by atoms with van der Waals surface area (Å²) in [5.41, 5.74) is 1.12. The highest BCUT2D eigenvalue weighted by molar-refractivity contribution is 7.80. The maximum Gasteiger partial charge on any atom is 0.281 e. The van der Waals surface area contributed by atoms with E-state index in [1.54, 1.807) is 37.5 Å². The Hall–Kier alpha value is -2.93. The van der Waals surface area contributed by atoms with Crippen molar-refractivity contribution >= 4 is 35.0 Å². The van der Waals surface area contributed by atoms with Crippen molar-refractivity contribution in [2.24, 2.45) is 0 Å². The lowest BCUT2D eigenvalue weighted by atomic mass is 10.1. The van der Waals surface area contributed by atoms with Crippen LogP contribution in [0.25, 0.3) is 6.08 Å². The number of unbranched alkanes of at least 4 members (excludes halogenated alkanes) is 1. The molecular weight excluding hydrogens is 379 g/mol. The summed E-state index contributed by atoms with van der Waals surface area (Å²) in [6, 6.07) is 11.4. The van der Waals surface area contributed by atoms with Crippen molar-refractivity contribution in [2.75, 3.05) is 18.6 Å². The molecule has 28 heavy (non-hydrogen) atoms. The molecule has 0 spiro atoms. The van der Waals surface area contributed by atoms with Crippen molar-refractivity contribution in [2.45, 2.75) is 19.8 Å².